The highest BCUT2D eigenvalue weighted by Gasteiger charge is 2.16. The lowest BCUT2D eigenvalue weighted by molar-refractivity contribution is -0.123. The van der Waals surface area contributed by atoms with E-state index >= 15 is 0 Å². The molecule has 3 unspecified atom stereocenters. The standard InChI is InChI=1S/C14H31N3O/c1-7-8-11(2)16-14(18)13(4)15-12(3)9-10-17(5)6/h11-13,15H,7-10H2,1-6H3,(H,16,18). The number of carbonyl (C=O) groups is 1. The quantitative estimate of drug-likeness (QED) is 0.659. The Morgan fingerprint density at radius 1 is 1.11 bits per heavy atom. The van der Waals surface area contributed by atoms with Gasteiger partial charge in [0.2, 0.25) is 5.91 Å². The number of rotatable bonds is 9. The first kappa shape index (κ1) is 17.4. The number of hydrogen-bond donors (Lipinski definition) is 2. The number of nitrogens with one attached hydrogen (secondary N) is 2. The monoisotopic (exact) mass is 257 g/mol. The van der Waals surface area contributed by atoms with Crippen molar-refractivity contribution >= 4 is 5.91 Å². The third-order valence-electron chi connectivity index (χ3n) is 3.05. The summed E-state index contributed by atoms with van der Waals surface area (Å²) >= 11 is 0. The van der Waals surface area contributed by atoms with Gasteiger partial charge >= 0.3 is 0 Å². The average molecular weight is 257 g/mol. The fourth-order valence-electron chi connectivity index (χ4n) is 1.91. The van der Waals surface area contributed by atoms with Gasteiger partial charge in [-0.2, -0.15) is 0 Å². The van der Waals surface area contributed by atoms with Gasteiger partial charge in [0.1, 0.15) is 0 Å². The van der Waals surface area contributed by atoms with Gasteiger partial charge in [0.25, 0.3) is 0 Å². The van der Waals surface area contributed by atoms with E-state index in [0.717, 1.165) is 25.8 Å². The van der Waals surface area contributed by atoms with Crippen LogP contribution in [0.4, 0.5) is 0 Å². The SMILES string of the molecule is CCCC(C)NC(=O)C(C)NC(C)CCN(C)C. The molecule has 0 fully saturated rings. The molecule has 18 heavy (non-hydrogen) atoms. The molecule has 0 aliphatic heterocycles. The first-order valence-electron chi connectivity index (χ1n) is 7.08. The van der Waals surface area contributed by atoms with Crippen molar-refractivity contribution in [3.63, 3.8) is 0 Å². The molecule has 0 rings (SSSR count). The van der Waals surface area contributed by atoms with Crippen molar-refractivity contribution in [2.24, 2.45) is 0 Å². The molecule has 0 aromatic rings. The van der Waals surface area contributed by atoms with Crippen molar-refractivity contribution in [3.8, 4) is 0 Å². The van der Waals surface area contributed by atoms with Crippen LogP contribution in [0.5, 0.6) is 0 Å². The van der Waals surface area contributed by atoms with E-state index in [2.05, 4.69) is 50.4 Å². The largest absolute Gasteiger partial charge is 0.352 e. The molecule has 2 N–H and O–H groups in total. The van der Waals surface area contributed by atoms with Gasteiger partial charge in [0.05, 0.1) is 6.04 Å². The Balaban J connectivity index is 3.92. The van der Waals surface area contributed by atoms with Crippen molar-refractivity contribution < 1.29 is 4.79 Å². The van der Waals surface area contributed by atoms with Crippen LogP contribution in [0.2, 0.25) is 0 Å². The van der Waals surface area contributed by atoms with Gasteiger partial charge in [-0.3, -0.25) is 4.79 Å². The Labute approximate surface area is 113 Å². The van der Waals surface area contributed by atoms with E-state index in [1.54, 1.807) is 0 Å². The lowest BCUT2D eigenvalue weighted by Gasteiger charge is -2.22. The summed E-state index contributed by atoms with van der Waals surface area (Å²) in [5.74, 6) is 0.104. The van der Waals surface area contributed by atoms with E-state index in [1.807, 2.05) is 6.92 Å². The van der Waals surface area contributed by atoms with Gasteiger partial charge in [-0.1, -0.05) is 13.3 Å². The highest BCUT2D eigenvalue weighted by molar-refractivity contribution is 5.81. The van der Waals surface area contributed by atoms with Crippen LogP contribution in [0.25, 0.3) is 0 Å². The van der Waals surface area contributed by atoms with Crippen LogP contribution in [0.3, 0.4) is 0 Å². The Morgan fingerprint density at radius 3 is 2.22 bits per heavy atom. The minimum absolute atomic E-state index is 0.104. The second-order valence-corrected chi connectivity index (χ2v) is 5.58. The molecule has 0 spiro atoms. The van der Waals surface area contributed by atoms with Crippen LogP contribution in [-0.2, 0) is 4.79 Å². The molecule has 0 saturated heterocycles. The molecule has 4 heteroatoms. The number of hydrogen-bond acceptors (Lipinski definition) is 3. The van der Waals surface area contributed by atoms with Crippen LogP contribution in [0.1, 0.15) is 47.0 Å². The van der Waals surface area contributed by atoms with Crippen molar-refractivity contribution in [3.05, 3.63) is 0 Å². The topological polar surface area (TPSA) is 44.4 Å². The van der Waals surface area contributed by atoms with Gasteiger partial charge < -0.3 is 15.5 Å². The molecule has 4 nitrogen and oxygen atoms in total. The molecular weight excluding hydrogens is 226 g/mol. The lowest BCUT2D eigenvalue weighted by Crippen LogP contribution is -2.48. The van der Waals surface area contributed by atoms with Crippen molar-refractivity contribution in [1.29, 1.82) is 0 Å². The minimum Gasteiger partial charge on any atom is -0.352 e. The Bertz CT molecular complexity index is 231. The van der Waals surface area contributed by atoms with E-state index in [1.165, 1.54) is 0 Å². The Hall–Kier alpha value is -0.610. The molecular formula is C14H31N3O. The van der Waals surface area contributed by atoms with Crippen LogP contribution in [0, 0.1) is 0 Å². The fourth-order valence-corrected chi connectivity index (χ4v) is 1.91. The van der Waals surface area contributed by atoms with E-state index in [4.69, 9.17) is 0 Å². The number of amides is 1. The molecule has 0 aliphatic rings. The first-order chi connectivity index (χ1) is 8.36. The van der Waals surface area contributed by atoms with Crippen LogP contribution in [0.15, 0.2) is 0 Å². The summed E-state index contributed by atoms with van der Waals surface area (Å²) in [4.78, 5) is 14.1. The molecule has 0 radical (unpaired) electrons. The predicted molar refractivity (Wildman–Crippen MR) is 77.7 cm³/mol. The van der Waals surface area contributed by atoms with Gasteiger partial charge in [0.15, 0.2) is 0 Å². The van der Waals surface area contributed by atoms with Crippen molar-refractivity contribution in [2.75, 3.05) is 20.6 Å². The van der Waals surface area contributed by atoms with Crippen LogP contribution < -0.4 is 10.6 Å². The molecule has 0 aromatic carbocycles. The molecule has 0 heterocycles. The van der Waals surface area contributed by atoms with E-state index in [0.29, 0.717) is 6.04 Å². The second-order valence-electron chi connectivity index (χ2n) is 5.58. The molecule has 0 aromatic heterocycles. The predicted octanol–water partition coefficient (Wildman–Crippen LogP) is 1.61. The second kappa shape index (κ2) is 9.34. The molecule has 3 atom stereocenters. The molecule has 0 saturated carbocycles. The molecule has 0 bridgehead atoms. The van der Waals surface area contributed by atoms with E-state index in [9.17, 15) is 4.79 Å². The highest BCUT2D eigenvalue weighted by atomic mass is 16.2. The van der Waals surface area contributed by atoms with Crippen molar-refractivity contribution in [2.45, 2.75) is 65.1 Å². The summed E-state index contributed by atoms with van der Waals surface area (Å²) in [5, 5.41) is 6.38. The van der Waals surface area contributed by atoms with Gasteiger partial charge in [-0.15, -0.1) is 0 Å². The fraction of sp³-hybridized carbons (Fsp3) is 0.929. The van der Waals surface area contributed by atoms with E-state index in [-0.39, 0.29) is 18.0 Å². The zero-order valence-electron chi connectivity index (χ0n) is 12.9. The molecule has 108 valence electrons. The maximum atomic E-state index is 11.9. The zero-order chi connectivity index (χ0) is 14.1. The van der Waals surface area contributed by atoms with Gasteiger partial charge in [-0.05, 0) is 54.3 Å². The Kier molecular flexibility index (Phi) is 9.02. The summed E-state index contributed by atoms with van der Waals surface area (Å²) in [7, 11) is 4.13. The first-order valence-corrected chi connectivity index (χ1v) is 7.08. The van der Waals surface area contributed by atoms with Crippen molar-refractivity contribution in [1.82, 2.24) is 15.5 Å². The molecule has 1 amide bonds. The number of nitrogens with zero attached hydrogens (tertiary/aromatic N) is 1. The maximum Gasteiger partial charge on any atom is 0.237 e. The molecule has 0 aliphatic carbocycles. The van der Waals surface area contributed by atoms with Gasteiger partial charge in [0, 0.05) is 12.1 Å². The highest BCUT2D eigenvalue weighted by Crippen LogP contribution is 1.98. The summed E-state index contributed by atoms with van der Waals surface area (Å²) in [6.07, 6.45) is 3.19. The summed E-state index contributed by atoms with van der Waals surface area (Å²) in [6, 6.07) is 0.500. The summed E-state index contributed by atoms with van der Waals surface area (Å²) in [6.45, 7) is 9.29. The summed E-state index contributed by atoms with van der Waals surface area (Å²) < 4.78 is 0. The number of carbonyl (C=O) groups excluding carboxylic acids is 1. The smallest absolute Gasteiger partial charge is 0.237 e. The minimum atomic E-state index is -0.124. The van der Waals surface area contributed by atoms with Gasteiger partial charge in [-0.25, -0.2) is 0 Å². The lowest BCUT2D eigenvalue weighted by atomic mass is 10.1. The third-order valence-corrected chi connectivity index (χ3v) is 3.05. The normalized spacial score (nSPS) is 16.4. The van der Waals surface area contributed by atoms with Crippen LogP contribution >= 0.6 is 0 Å². The average Bonchev–Trinajstić information content (AvgIpc) is 2.26. The zero-order valence-corrected chi connectivity index (χ0v) is 12.9. The maximum absolute atomic E-state index is 11.9. The van der Waals surface area contributed by atoms with Crippen LogP contribution in [-0.4, -0.2) is 49.6 Å². The van der Waals surface area contributed by atoms with E-state index < -0.39 is 0 Å². The Morgan fingerprint density at radius 2 is 1.72 bits per heavy atom. The third kappa shape index (κ3) is 8.48. The summed E-state index contributed by atoms with van der Waals surface area (Å²) in [5.41, 5.74) is 0.